The zero-order chi connectivity index (χ0) is 17.6. The van der Waals surface area contributed by atoms with Crippen molar-refractivity contribution in [1.82, 2.24) is 0 Å². The summed E-state index contributed by atoms with van der Waals surface area (Å²) in [5, 5.41) is 0. The van der Waals surface area contributed by atoms with Gasteiger partial charge in [0.25, 0.3) is 5.91 Å². The van der Waals surface area contributed by atoms with Gasteiger partial charge in [-0.2, -0.15) is 0 Å². The van der Waals surface area contributed by atoms with Gasteiger partial charge in [-0.3, -0.25) is 14.5 Å². The molecule has 5 nitrogen and oxygen atoms in total. The van der Waals surface area contributed by atoms with Crippen LogP contribution in [0.15, 0.2) is 46.9 Å². The monoisotopic (exact) mass is 336 g/mol. The van der Waals surface area contributed by atoms with Gasteiger partial charge in [0.2, 0.25) is 5.91 Å². The van der Waals surface area contributed by atoms with E-state index in [1.165, 1.54) is 11.0 Å². The lowest BCUT2D eigenvalue weighted by Gasteiger charge is -2.21. The minimum absolute atomic E-state index is 0.272. The van der Waals surface area contributed by atoms with Crippen LogP contribution in [0.2, 0.25) is 0 Å². The lowest BCUT2D eigenvalue weighted by molar-refractivity contribution is -0.122. The topological polar surface area (TPSA) is 76.5 Å². The van der Waals surface area contributed by atoms with Crippen molar-refractivity contribution >= 4 is 23.6 Å². The Balaban J connectivity index is 1.55. The largest absolute Gasteiger partial charge is 0.461 e. The molecule has 5 heteroatoms. The molecule has 1 aromatic heterocycles. The number of rotatable bonds is 4. The van der Waals surface area contributed by atoms with Crippen molar-refractivity contribution in [3.05, 3.63) is 59.6 Å². The fraction of sp³-hybridized carbons (Fsp3) is 0.300. The standard InChI is InChI=1S/C20H20N2O3/c1-12-10-15(12)18-8-6-14(25-18)7-9-19(23)22-16-5-3-2-4-13(16)11-17(22)20(21)24/h2-9,12,15,17H,10-11H2,1H3,(H2,21,24)/b9-7+/t12-,15+,17+/m1/s1. The van der Waals surface area contributed by atoms with Crippen LogP contribution in [0.1, 0.15) is 36.3 Å². The molecule has 1 aliphatic carbocycles. The van der Waals surface area contributed by atoms with Crippen molar-refractivity contribution in [3.63, 3.8) is 0 Å². The molecule has 4 rings (SSSR count). The highest BCUT2D eigenvalue weighted by Gasteiger charge is 2.37. The number of carbonyl (C=O) groups is 2. The molecule has 25 heavy (non-hydrogen) atoms. The van der Waals surface area contributed by atoms with Crippen LogP contribution in [0, 0.1) is 5.92 Å². The Bertz CT molecular complexity index is 867. The first-order valence-corrected chi connectivity index (χ1v) is 8.53. The normalized spacial score (nSPS) is 24.5. The third-order valence-corrected chi connectivity index (χ3v) is 5.05. The number of amides is 2. The second kappa shape index (κ2) is 5.92. The lowest BCUT2D eigenvalue weighted by atomic mass is 10.1. The zero-order valence-electron chi connectivity index (χ0n) is 14.0. The van der Waals surface area contributed by atoms with Crippen molar-refractivity contribution in [2.75, 3.05) is 4.90 Å². The predicted molar refractivity (Wildman–Crippen MR) is 94.9 cm³/mol. The number of carbonyl (C=O) groups excluding carboxylic acids is 2. The summed E-state index contributed by atoms with van der Waals surface area (Å²) < 4.78 is 5.79. The Labute approximate surface area is 146 Å². The van der Waals surface area contributed by atoms with Gasteiger partial charge >= 0.3 is 0 Å². The molecule has 1 aromatic carbocycles. The highest BCUT2D eigenvalue weighted by molar-refractivity contribution is 6.09. The van der Waals surface area contributed by atoms with E-state index in [4.69, 9.17) is 10.2 Å². The smallest absolute Gasteiger partial charge is 0.251 e. The van der Waals surface area contributed by atoms with Gasteiger partial charge in [0, 0.05) is 24.1 Å². The molecule has 2 heterocycles. The van der Waals surface area contributed by atoms with Gasteiger partial charge in [-0.25, -0.2) is 0 Å². The minimum atomic E-state index is -0.644. The Morgan fingerprint density at radius 2 is 2.00 bits per heavy atom. The molecule has 1 fully saturated rings. The summed E-state index contributed by atoms with van der Waals surface area (Å²) in [4.78, 5) is 25.9. The van der Waals surface area contributed by atoms with Crippen molar-refractivity contribution in [1.29, 1.82) is 0 Å². The van der Waals surface area contributed by atoms with Crippen molar-refractivity contribution in [2.24, 2.45) is 11.7 Å². The Kier molecular flexibility index (Phi) is 3.71. The van der Waals surface area contributed by atoms with E-state index in [1.54, 1.807) is 6.08 Å². The summed E-state index contributed by atoms with van der Waals surface area (Å²) in [6, 6.07) is 10.7. The van der Waals surface area contributed by atoms with Crippen molar-refractivity contribution in [3.8, 4) is 0 Å². The molecule has 0 bridgehead atoms. The number of hydrogen-bond acceptors (Lipinski definition) is 3. The molecule has 3 atom stereocenters. The molecule has 1 aliphatic heterocycles. The van der Waals surface area contributed by atoms with E-state index in [9.17, 15) is 9.59 Å². The van der Waals surface area contributed by atoms with Gasteiger partial charge in [0.1, 0.15) is 17.6 Å². The van der Waals surface area contributed by atoms with Gasteiger partial charge in [0.05, 0.1) is 0 Å². The SMILES string of the molecule is C[C@@H]1C[C@@H]1c1ccc(/C=C/C(=O)N2c3ccccc3C[C@H]2C(N)=O)o1. The second-order valence-electron chi connectivity index (χ2n) is 6.85. The maximum Gasteiger partial charge on any atom is 0.251 e. The van der Waals surface area contributed by atoms with Gasteiger partial charge < -0.3 is 10.2 Å². The molecule has 2 aliphatic rings. The maximum absolute atomic E-state index is 12.7. The van der Waals surface area contributed by atoms with Crippen LogP contribution >= 0.6 is 0 Å². The summed E-state index contributed by atoms with van der Waals surface area (Å²) in [6.07, 6.45) is 4.70. The number of nitrogens with two attached hydrogens (primary N) is 1. The molecular weight excluding hydrogens is 316 g/mol. The number of hydrogen-bond donors (Lipinski definition) is 1. The number of fused-ring (bicyclic) bond motifs is 1. The predicted octanol–water partition coefficient (Wildman–Crippen LogP) is 2.86. The molecule has 1 saturated carbocycles. The molecule has 2 amide bonds. The van der Waals surface area contributed by atoms with E-state index >= 15 is 0 Å². The van der Waals surface area contributed by atoms with Gasteiger partial charge in [-0.15, -0.1) is 0 Å². The fourth-order valence-electron chi connectivity index (χ4n) is 3.50. The van der Waals surface area contributed by atoms with E-state index in [1.807, 2.05) is 36.4 Å². The Morgan fingerprint density at radius 3 is 2.72 bits per heavy atom. The zero-order valence-corrected chi connectivity index (χ0v) is 14.0. The first-order chi connectivity index (χ1) is 12.0. The average Bonchev–Trinajstić information content (AvgIpc) is 3.03. The first kappa shape index (κ1) is 15.7. The number of benzene rings is 1. The van der Waals surface area contributed by atoms with Gasteiger partial charge in [-0.05, 0) is 42.2 Å². The van der Waals surface area contributed by atoms with Crippen LogP contribution in [-0.2, 0) is 16.0 Å². The highest BCUT2D eigenvalue weighted by atomic mass is 16.3. The number of anilines is 1. The van der Waals surface area contributed by atoms with E-state index in [2.05, 4.69) is 6.92 Å². The van der Waals surface area contributed by atoms with Gasteiger partial charge in [-0.1, -0.05) is 25.1 Å². The minimum Gasteiger partial charge on any atom is -0.461 e. The number of furan rings is 1. The number of primary amides is 1. The lowest BCUT2D eigenvalue weighted by Crippen LogP contribution is -2.45. The molecule has 0 unspecified atom stereocenters. The molecular formula is C20H20N2O3. The molecule has 0 saturated heterocycles. The van der Waals surface area contributed by atoms with Gasteiger partial charge in [0.15, 0.2) is 0 Å². The quantitative estimate of drug-likeness (QED) is 0.872. The maximum atomic E-state index is 12.7. The van der Waals surface area contributed by atoms with E-state index in [-0.39, 0.29) is 5.91 Å². The average molecular weight is 336 g/mol. The van der Waals surface area contributed by atoms with Crippen LogP contribution in [0.4, 0.5) is 5.69 Å². The molecule has 0 spiro atoms. The van der Waals surface area contributed by atoms with E-state index in [0.717, 1.165) is 23.4 Å². The fourth-order valence-corrected chi connectivity index (χ4v) is 3.50. The third-order valence-electron chi connectivity index (χ3n) is 5.05. The summed E-state index contributed by atoms with van der Waals surface area (Å²) >= 11 is 0. The summed E-state index contributed by atoms with van der Waals surface area (Å²) in [5.41, 5.74) is 7.19. The van der Waals surface area contributed by atoms with Crippen LogP contribution in [0.5, 0.6) is 0 Å². The molecule has 0 radical (unpaired) electrons. The Hall–Kier alpha value is -2.82. The van der Waals surface area contributed by atoms with Crippen molar-refractivity contribution < 1.29 is 14.0 Å². The van der Waals surface area contributed by atoms with Crippen LogP contribution in [-0.4, -0.2) is 17.9 Å². The van der Waals surface area contributed by atoms with Crippen LogP contribution < -0.4 is 10.6 Å². The second-order valence-corrected chi connectivity index (χ2v) is 6.85. The van der Waals surface area contributed by atoms with Crippen LogP contribution in [0.25, 0.3) is 6.08 Å². The number of nitrogens with zero attached hydrogens (tertiary/aromatic N) is 1. The number of para-hydroxylation sites is 1. The summed E-state index contributed by atoms with van der Waals surface area (Å²) in [6.45, 7) is 2.20. The summed E-state index contributed by atoms with van der Waals surface area (Å²) in [5.74, 6) is 2.02. The molecule has 128 valence electrons. The van der Waals surface area contributed by atoms with Crippen molar-refractivity contribution in [2.45, 2.75) is 31.7 Å². The summed E-state index contributed by atoms with van der Waals surface area (Å²) in [7, 11) is 0. The van der Waals surface area contributed by atoms with Crippen LogP contribution in [0.3, 0.4) is 0 Å². The third kappa shape index (κ3) is 2.86. The van der Waals surface area contributed by atoms with E-state index < -0.39 is 11.9 Å². The van der Waals surface area contributed by atoms with E-state index in [0.29, 0.717) is 24.0 Å². The Morgan fingerprint density at radius 1 is 1.24 bits per heavy atom. The first-order valence-electron chi connectivity index (χ1n) is 8.53. The molecule has 2 aromatic rings. The highest BCUT2D eigenvalue weighted by Crippen LogP contribution is 2.47. The molecule has 2 N–H and O–H groups in total.